The third-order valence-corrected chi connectivity index (χ3v) is 7.41. The largest absolute Gasteiger partial charge is 0.479 e. The van der Waals surface area contributed by atoms with Gasteiger partial charge in [0.25, 0.3) is 5.91 Å². The van der Waals surface area contributed by atoms with Crippen LogP contribution in [0.1, 0.15) is 107 Å². The molecule has 1 aromatic carbocycles. The monoisotopic (exact) mass is 680 g/mol. The number of ether oxygens (including phenoxy) is 3. The van der Waals surface area contributed by atoms with Gasteiger partial charge in [0.05, 0.1) is 0 Å². The number of aliphatic carboxylic acids is 1. The Morgan fingerprint density at radius 2 is 1.25 bits per heavy atom. The molecule has 0 aliphatic rings. The Labute approximate surface area is 285 Å². The second-order valence-corrected chi connectivity index (χ2v) is 16.3. The van der Waals surface area contributed by atoms with E-state index < -0.39 is 77.3 Å². The van der Waals surface area contributed by atoms with Crippen LogP contribution in [0.5, 0.6) is 0 Å². The number of esters is 2. The number of carbonyl (C=O) groups excluding carboxylic acids is 4. The van der Waals surface area contributed by atoms with Crippen LogP contribution in [-0.2, 0) is 45.2 Å². The predicted octanol–water partition coefficient (Wildman–Crippen LogP) is 6.09. The van der Waals surface area contributed by atoms with Crippen molar-refractivity contribution in [2.24, 2.45) is 5.41 Å². The van der Waals surface area contributed by atoms with Crippen molar-refractivity contribution in [2.75, 3.05) is 14.1 Å². The van der Waals surface area contributed by atoms with Crippen molar-refractivity contribution in [1.29, 1.82) is 0 Å². The third-order valence-electron chi connectivity index (χ3n) is 7.41. The Morgan fingerprint density at radius 1 is 0.771 bits per heavy atom. The zero-order valence-corrected chi connectivity index (χ0v) is 31.2. The van der Waals surface area contributed by atoms with E-state index in [2.05, 4.69) is 20.8 Å². The fourth-order valence-electron chi connectivity index (χ4n) is 4.69. The molecule has 0 bridgehead atoms. The van der Waals surface area contributed by atoms with Crippen LogP contribution < -0.4 is 0 Å². The fraction of sp³-hybridized carbons (Fsp3) is 0.694. The standard InChI is InChI=1S/C36H57FN2O9/c1-22(29(41)42)46-30(43)25(20-33(2,3)4)38(13)28(40)27(19-23-15-17-24(18-16-23)34(5,6)7)47-31(44)26(21-36(11,12)37)39(14)32(45)48-35(8,9)10/h15-18,22,25-27H,19-21H2,1-14H3,(H,41,42)/t22-,25+,26+,27-/m1/s1. The van der Waals surface area contributed by atoms with Crippen molar-refractivity contribution < 1.29 is 47.7 Å². The number of amides is 2. The molecule has 0 radical (unpaired) electrons. The van der Waals surface area contributed by atoms with Gasteiger partial charge < -0.3 is 24.2 Å². The smallest absolute Gasteiger partial charge is 0.410 e. The molecule has 272 valence electrons. The van der Waals surface area contributed by atoms with Gasteiger partial charge >= 0.3 is 24.0 Å². The van der Waals surface area contributed by atoms with Gasteiger partial charge in [0, 0.05) is 26.9 Å². The zero-order chi connectivity index (χ0) is 37.6. The molecule has 0 saturated heterocycles. The first-order valence-corrected chi connectivity index (χ1v) is 16.2. The van der Waals surface area contributed by atoms with Crippen molar-refractivity contribution >= 4 is 29.9 Å². The van der Waals surface area contributed by atoms with Gasteiger partial charge in [-0.25, -0.2) is 23.6 Å². The molecule has 0 saturated carbocycles. The number of rotatable bonds is 13. The van der Waals surface area contributed by atoms with E-state index in [0.29, 0.717) is 5.56 Å². The minimum Gasteiger partial charge on any atom is -0.479 e. The minimum absolute atomic E-state index is 0.0986. The van der Waals surface area contributed by atoms with E-state index in [-0.39, 0.29) is 18.3 Å². The number of benzene rings is 1. The van der Waals surface area contributed by atoms with Crippen LogP contribution in [-0.4, -0.2) is 94.5 Å². The quantitative estimate of drug-likeness (QED) is 0.194. The minimum atomic E-state index is -1.92. The van der Waals surface area contributed by atoms with Crippen LogP contribution in [0.4, 0.5) is 9.18 Å². The van der Waals surface area contributed by atoms with Crippen LogP contribution in [0, 0.1) is 5.41 Å². The maximum atomic E-state index is 15.0. The molecular formula is C36H57FN2O9. The average Bonchev–Trinajstić information content (AvgIpc) is 2.90. The van der Waals surface area contributed by atoms with E-state index in [1.54, 1.807) is 32.9 Å². The molecule has 11 nitrogen and oxygen atoms in total. The number of carboxylic acids is 1. The molecule has 0 fully saturated rings. The van der Waals surface area contributed by atoms with Crippen molar-refractivity contribution in [3.8, 4) is 0 Å². The molecule has 1 aromatic rings. The second-order valence-electron chi connectivity index (χ2n) is 16.3. The summed E-state index contributed by atoms with van der Waals surface area (Å²) in [6, 6.07) is 4.72. The summed E-state index contributed by atoms with van der Waals surface area (Å²) in [4.78, 5) is 67.7. The van der Waals surface area contributed by atoms with Gasteiger partial charge in [-0.3, -0.25) is 9.69 Å². The predicted molar refractivity (Wildman–Crippen MR) is 180 cm³/mol. The number of carboxylic acid groups (broad SMARTS) is 1. The molecule has 4 atom stereocenters. The summed E-state index contributed by atoms with van der Waals surface area (Å²) >= 11 is 0. The van der Waals surface area contributed by atoms with Crippen molar-refractivity contribution in [3.05, 3.63) is 35.4 Å². The highest BCUT2D eigenvalue weighted by atomic mass is 19.1. The number of hydrogen-bond acceptors (Lipinski definition) is 8. The van der Waals surface area contributed by atoms with E-state index in [1.165, 1.54) is 34.9 Å². The van der Waals surface area contributed by atoms with Gasteiger partial charge in [-0.15, -0.1) is 0 Å². The Kier molecular flexibility index (Phi) is 14.2. The number of carbonyl (C=O) groups is 5. The average molecular weight is 681 g/mol. The topological polar surface area (TPSA) is 140 Å². The number of nitrogens with zero attached hydrogens (tertiary/aromatic N) is 2. The van der Waals surface area contributed by atoms with Crippen LogP contribution in [0.2, 0.25) is 0 Å². The lowest BCUT2D eigenvalue weighted by atomic mass is 9.86. The molecule has 1 rings (SSSR count). The van der Waals surface area contributed by atoms with Gasteiger partial charge in [-0.1, -0.05) is 65.8 Å². The van der Waals surface area contributed by atoms with Crippen LogP contribution >= 0.6 is 0 Å². The van der Waals surface area contributed by atoms with E-state index in [4.69, 9.17) is 14.2 Å². The summed E-state index contributed by atoms with van der Waals surface area (Å²) in [7, 11) is 2.64. The maximum Gasteiger partial charge on any atom is 0.410 e. The van der Waals surface area contributed by atoms with Gasteiger partial charge in [-0.05, 0) is 69.9 Å². The van der Waals surface area contributed by atoms with Crippen LogP contribution in [0.15, 0.2) is 24.3 Å². The summed E-state index contributed by atoms with van der Waals surface area (Å²) in [6.45, 7) is 20.4. The molecule has 0 aliphatic carbocycles. The van der Waals surface area contributed by atoms with E-state index in [0.717, 1.165) is 15.4 Å². The SMILES string of the molecule is C[C@@H](OC(=O)[C@H](CC(C)(C)C)N(C)C(=O)[C@@H](Cc1ccc(C(C)(C)C)cc1)OC(=O)[C@H](CC(C)(C)F)N(C)C(=O)OC(C)(C)C)C(=O)O. The Balaban J connectivity index is 3.64. The van der Waals surface area contributed by atoms with Gasteiger partial charge in [0.15, 0.2) is 12.2 Å². The summed E-state index contributed by atoms with van der Waals surface area (Å²) < 4.78 is 31.4. The molecule has 2 amide bonds. The molecule has 12 heteroatoms. The number of hydrogen-bond donors (Lipinski definition) is 1. The molecule has 0 aliphatic heterocycles. The molecule has 1 N–H and O–H groups in total. The summed E-state index contributed by atoms with van der Waals surface area (Å²) in [5, 5.41) is 9.31. The fourth-order valence-corrected chi connectivity index (χ4v) is 4.69. The first-order valence-electron chi connectivity index (χ1n) is 16.2. The van der Waals surface area contributed by atoms with E-state index in [9.17, 15) is 29.1 Å². The van der Waals surface area contributed by atoms with E-state index in [1.807, 2.05) is 32.9 Å². The van der Waals surface area contributed by atoms with Gasteiger partial charge in [-0.2, -0.15) is 0 Å². The second kappa shape index (κ2) is 16.1. The third kappa shape index (κ3) is 14.2. The number of likely N-dealkylation sites (N-methyl/N-ethyl adjacent to an activating group) is 2. The van der Waals surface area contributed by atoms with Crippen LogP contribution in [0.25, 0.3) is 0 Å². The maximum absolute atomic E-state index is 15.0. The van der Waals surface area contributed by atoms with Crippen LogP contribution in [0.3, 0.4) is 0 Å². The van der Waals surface area contributed by atoms with E-state index >= 15 is 4.39 Å². The highest BCUT2D eigenvalue weighted by Crippen LogP contribution is 2.28. The highest BCUT2D eigenvalue weighted by Gasteiger charge is 2.41. The first-order chi connectivity index (χ1) is 21.5. The Morgan fingerprint density at radius 3 is 1.67 bits per heavy atom. The van der Waals surface area contributed by atoms with Gasteiger partial charge in [0.2, 0.25) is 0 Å². The summed E-state index contributed by atoms with van der Waals surface area (Å²) in [5.74, 6) is -4.09. The molecule has 0 aromatic heterocycles. The summed E-state index contributed by atoms with van der Waals surface area (Å²) in [5.41, 5.74) is -1.80. The van der Waals surface area contributed by atoms with Crippen molar-refractivity contribution in [2.45, 2.75) is 143 Å². The number of alkyl halides is 1. The van der Waals surface area contributed by atoms with Gasteiger partial charge in [0.1, 0.15) is 23.4 Å². The lowest BCUT2D eigenvalue weighted by molar-refractivity contribution is -0.172. The molecule has 0 heterocycles. The lowest BCUT2D eigenvalue weighted by Crippen LogP contribution is -2.53. The lowest BCUT2D eigenvalue weighted by Gasteiger charge is -2.35. The normalized spacial score (nSPS) is 15.0. The molecule has 0 unspecified atom stereocenters. The zero-order valence-electron chi connectivity index (χ0n) is 31.2. The number of halogens is 1. The molecular weight excluding hydrogens is 623 g/mol. The summed E-state index contributed by atoms with van der Waals surface area (Å²) in [6.07, 6.45) is -4.32. The Hall–Kier alpha value is -3.70. The first kappa shape index (κ1) is 42.3. The van der Waals surface area contributed by atoms with Crippen molar-refractivity contribution in [3.63, 3.8) is 0 Å². The molecule has 48 heavy (non-hydrogen) atoms. The Bertz CT molecular complexity index is 1280. The van der Waals surface area contributed by atoms with Crippen molar-refractivity contribution in [1.82, 2.24) is 9.80 Å². The molecule has 0 spiro atoms. The highest BCUT2D eigenvalue weighted by molar-refractivity contribution is 5.90.